The van der Waals surface area contributed by atoms with Crippen molar-refractivity contribution in [1.29, 1.82) is 0 Å². The van der Waals surface area contributed by atoms with Crippen molar-refractivity contribution in [3.8, 4) is 0 Å². The van der Waals surface area contributed by atoms with Gasteiger partial charge in [-0.1, -0.05) is 30.7 Å². The van der Waals surface area contributed by atoms with Crippen LogP contribution in [0.1, 0.15) is 25.0 Å². The van der Waals surface area contributed by atoms with Crippen LogP contribution in [0.15, 0.2) is 43.0 Å². The Labute approximate surface area is 98.9 Å². The van der Waals surface area contributed by atoms with Crippen molar-refractivity contribution < 1.29 is 18.9 Å². The van der Waals surface area contributed by atoms with E-state index in [1.54, 1.807) is 0 Å². The third-order valence-electron chi connectivity index (χ3n) is 1.79. The van der Waals surface area contributed by atoms with Crippen LogP contribution < -0.4 is 18.9 Å². The molecule has 68 valence electrons. The van der Waals surface area contributed by atoms with Crippen molar-refractivity contribution in [2.75, 3.05) is 0 Å². The molecule has 14 heavy (non-hydrogen) atoms. The van der Waals surface area contributed by atoms with E-state index in [-0.39, 0.29) is 18.9 Å². The molecule has 0 atom stereocenters. The van der Waals surface area contributed by atoms with E-state index in [0.717, 1.165) is 11.1 Å². The van der Waals surface area contributed by atoms with Crippen molar-refractivity contribution in [2.24, 2.45) is 0 Å². The molecule has 0 aliphatic rings. The molecule has 0 saturated carbocycles. The standard InChI is InChI=1S/C13H15.Li/c1-10(2)8-12-6-5-7-13(9-12)11(3)4;/h5-9H,1,3H2,2,4H3;/q-1;+1. The largest absolute Gasteiger partial charge is 1.00 e. The van der Waals surface area contributed by atoms with Gasteiger partial charge in [-0.2, -0.15) is 6.58 Å². The Morgan fingerprint density at radius 2 is 1.86 bits per heavy atom. The van der Waals surface area contributed by atoms with Gasteiger partial charge in [0.2, 0.25) is 0 Å². The monoisotopic (exact) mass is 178 g/mol. The Kier molecular flexibility index (Phi) is 5.46. The van der Waals surface area contributed by atoms with Crippen LogP contribution >= 0.6 is 0 Å². The van der Waals surface area contributed by atoms with E-state index < -0.39 is 0 Å². The van der Waals surface area contributed by atoms with E-state index in [4.69, 9.17) is 0 Å². The molecule has 0 aliphatic carbocycles. The normalized spacial score (nSPS) is 8.71. The fourth-order valence-electron chi connectivity index (χ4n) is 1.18. The number of benzene rings is 1. The van der Waals surface area contributed by atoms with Gasteiger partial charge in [0.05, 0.1) is 0 Å². The second-order valence-electron chi connectivity index (χ2n) is 3.40. The molecule has 1 aromatic carbocycles. The van der Waals surface area contributed by atoms with Gasteiger partial charge < -0.3 is 0 Å². The fraction of sp³-hybridized carbons (Fsp3) is 0.154. The molecule has 0 fully saturated rings. The summed E-state index contributed by atoms with van der Waals surface area (Å²) in [7, 11) is 0. The fourth-order valence-corrected chi connectivity index (χ4v) is 1.18. The molecule has 0 nitrogen and oxygen atoms in total. The first-order valence-corrected chi connectivity index (χ1v) is 4.36. The van der Waals surface area contributed by atoms with Crippen LogP contribution in [0.3, 0.4) is 0 Å². The topological polar surface area (TPSA) is 0 Å². The molecule has 0 amide bonds. The Morgan fingerprint density at radius 1 is 1.21 bits per heavy atom. The first-order valence-electron chi connectivity index (χ1n) is 4.36. The zero-order chi connectivity index (χ0) is 9.84. The molecule has 0 spiro atoms. The van der Waals surface area contributed by atoms with Crippen LogP contribution in [-0.4, -0.2) is 0 Å². The minimum absolute atomic E-state index is 0. The molecule has 0 N–H and O–H groups in total. The summed E-state index contributed by atoms with van der Waals surface area (Å²) in [5.74, 6) is 0. The van der Waals surface area contributed by atoms with Gasteiger partial charge in [-0.25, -0.2) is 0 Å². The third kappa shape index (κ3) is 3.92. The summed E-state index contributed by atoms with van der Waals surface area (Å²) >= 11 is 0. The summed E-state index contributed by atoms with van der Waals surface area (Å²) in [6.07, 6.45) is 2.06. The molecule has 0 radical (unpaired) electrons. The van der Waals surface area contributed by atoms with Crippen LogP contribution in [0.2, 0.25) is 0 Å². The Bertz CT molecular complexity index is 337. The smallest absolute Gasteiger partial charge is 0.167 e. The number of hydrogen-bond donors (Lipinski definition) is 0. The molecule has 0 bridgehead atoms. The Morgan fingerprint density at radius 3 is 2.36 bits per heavy atom. The summed E-state index contributed by atoms with van der Waals surface area (Å²) < 4.78 is 0. The SMILES string of the molecule is C=C(C)[CH-]c1cccc(C(=C)C)c1.[Li+]. The van der Waals surface area contributed by atoms with E-state index in [2.05, 4.69) is 37.8 Å². The summed E-state index contributed by atoms with van der Waals surface area (Å²) in [6, 6.07) is 8.30. The van der Waals surface area contributed by atoms with Crippen molar-refractivity contribution in [3.05, 3.63) is 60.5 Å². The molecule has 0 heterocycles. The minimum Gasteiger partial charge on any atom is -0.167 e. The predicted molar refractivity (Wildman–Crippen MR) is 59.4 cm³/mol. The summed E-state index contributed by atoms with van der Waals surface area (Å²) in [5, 5.41) is 0. The van der Waals surface area contributed by atoms with Gasteiger partial charge in [-0.3, -0.25) is 0 Å². The van der Waals surface area contributed by atoms with E-state index in [1.807, 2.05) is 19.9 Å². The Balaban J connectivity index is 0.00000169. The van der Waals surface area contributed by atoms with Crippen LogP contribution in [0.25, 0.3) is 5.57 Å². The first kappa shape index (κ1) is 13.2. The van der Waals surface area contributed by atoms with Gasteiger partial charge in [0.15, 0.2) is 0 Å². The average Bonchev–Trinajstić information content (AvgIpc) is 2.03. The number of hydrogen-bond acceptors (Lipinski definition) is 0. The van der Waals surface area contributed by atoms with Crippen molar-refractivity contribution in [1.82, 2.24) is 0 Å². The second-order valence-corrected chi connectivity index (χ2v) is 3.40. The molecular weight excluding hydrogens is 163 g/mol. The van der Waals surface area contributed by atoms with Crippen molar-refractivity contribution >= 4 is 5.57 Å². The van der Waals surface area contributed by atoms with E-state index in [1.165, 1.54) is 11.1 Å². The summed E-state index contributed by atoms with van der Waals surface area (Å²) in [6.45, 7) is 11.8. The molecule has 1 aromatic rings. The maximum atomic E-state index is 3.91. The molecule has 0 aromatic heterocycles. The van der Waals surface area contributed by atoms with E-state index >= 15 is 0 Å². The zero-order valence-corrected chi connectivity index (χ0v) is 9.30. The second kappa shape index (κ2) is 5.81. The third-order valence-corrected chi connectivity index (χ3v) is 1.79. The zero-order valence-electron chi connectivity index (χ0n) is 9.30. The van der Waals surface area contributed by atoms with Gasteiger partial charge in [-0.05, 0) is 6.92 Å². The number of allylic oxidation sites excluding steroid dienone is 2. The summed E-state index contributed by atoms with van der Waals surface area (Å²) in [5.41, 5.74) is 4.54. The van der Waals surface area contributed by atoms with Crippen LogP contribution in [0, 0.1) is 6.42 Å². The first-order chi connectivity index (χ1) is 6.09. The van der Waals surface area contributed by atoms with Crippen LogP contribution in [-0.2, 0) is 0 Å². The Hall–Kier alpha value is -0.833. The molecule has 0 aliphatic heterocycles. The van der Waals surface area contributed by atoms with Crippen molar-refractivity contribution in [2.45, 2.75) is 13.8 Å². The van der Waals surface area contributed by atoms with E-state index in [9.17, 15) is 0 Å². The minimum atomic E-state index is 0. The van der Waals surface area contributed by atoms with Crippen LogP contribution in [0.4, 0.5) is 0 Å². The van der Waals surface area contributed by atoms with Gasteiger partial charge in [0, 0.05) is 0 Å². The van der Waals surface area contributed by atoms with Gasteiger partial charge in [0.25, 0.3) is 0 Å². The average molecular weight is 178 g/mol. The molecule has 0 unspecified atom stereocenters. The molecule has 1 rings (SSSR count). The quantitative estimate of drug-likeness (QED) is 0.475. The van der Waals surface area contributed by atoms with Crippen LogP contribution in [0.5, 0.6) is 0 Å². The van der Waals surface area contributed by atoms with Gasteiger partial charge in [0.1, 0.15) is 0 Å². The van der Waals surface area contributed by atoms with E-state index in [0.29, 0.717) is 0 Å². The van der Waals surface area contributed by atoms with Gasteiger partial charge >= 0.3 is 18.9 Å². The summed E-state index contributed by atoms with van der Waals surface area (Å²) in [4.78, 5) is 0. The molecule has 0 saturated heterocycles. The molecule has 1 heteroatoms. The predicted octanol–water partition coefficient (Wildman–Crippen LogP) is 0.852. The van der Waals surface area contributed by atoms with Crippen molar-refractivity contribution in [3.63, 3.8) is 0 Å². The maximum Gasteiger partial charge on any atom is 1.00 e. The maximum absolute atomic E-state index is 3.91. The van der Waals surface area contributed by atoms with Gasteiger partial charge in [-0.15, -0.1) is 35.8 Å². The number of rotatable bonds is 3. The molecular formula is C13H15Li.